The molecule has 0 aliphatic rings. The van der Waals surface area contributed by atoms with Gasteiger partial charge in [-0.15, -0.1) is 0 Å². The molecule has 0 heterocycles. The van der Waals surface area contributed by atoms with Gasteiger partial charge in [0.2, 0.25) is 5.91 Å². The molecule has 0 saturated carbocycles. The number of nitro groups is 1. The van der Waals surface area contributed by atoms with Crippen LogP contribution >= 0.6 is 0 Å². The van der Waals surface area contributed by atoms with Gasteiger partial charge in [-0.25, -0.2) is 0 Å². The summed E-state index contributed by atoms with van der Waals surface area (Å²) in [5.41, 5.74) is 2.16. The molecular weight excluding hydrogens is 244 g/mol. The van der Waals surface area contributed by atoms with Crippen molar-refractivity contribution in [3.63, 3.8) is 0 Å². The second kappa shape index (κ2) is 5.82. The van der Waals surface area contributed by atoms with E-state index < -0.39 is 4.92 Å². The van der Waals surface area contributed by atoms with Gasteiger partial charge in [-0.3, -0.25) is 14.9 Å². The number of anilines is 1. The zero-order chi connectivity index (χ0) is 14.7. The minimum Gasteiger partial charge on any atom is -0.326 e. The van der Waals surface area contributed by atoms with Gasteiger partial charge in [-0.1, -0.05) is 27.7 Å². The average molecular weight is 264 g/mol. The molecule has 1 rings (SSSR count). The van der Waals surface area contributed by atoms with E-state index >= 15 is 0 Å². The molecule has 1 aromatic carbocycles. The maximum atomic E-state index is 11.4. The summed E-state index contributed by atoms with van der Waals surface area (Å²) in [6.07, 6.45) is 0. The summed E-state index contributed by atoms with van der Waals surface area (Å²) in [4.78, 5) is 22.1. The van der Waals surface area contributed by atoms with Gasteiger partial charge in [0.1, 0.15) is 0 Å². The predicted molar refractivity (Wildman–Crippen MR) is 75.6 cm³/mol. The van der Waals surface area contributed by atoms with Gasteiger partial charge in [0.25, 0.3) is 5.69 Å². The van der Waals surface area contributed by atoms with Gasteiger partial charge in [0, 0.05) is 13.0 Å². The molecule has 0 fully saturated rings. The number of rotatable bonds is 4. The number of amides is 1. The third-order valence-electron chi connectivity index (χ3n) is 2.95. The zero-order valence-electron chi connectivity index (χ0n) is 12.0. The molecule has 0 atom stereocenters. The minimum atomic E-state index is -0.398. The second-order valence-corrected chi connectivity index (χ2v) is 5.21. The first-order valence-corrected chi connectivity index (χ1v) is 6.34. The van der Waals surface area contributed by atoms with Crippen LogP contribution in [0.25, 0.3) is 0 Å². The fourth-order valence-corrected chi connectivity index (χ4v) is 2.17. The van der Waals surface area contributed by atoms with Crippen LogP contribution in [0.5, 0.6) is 0 Å². The van der Waals surface area contributed by atoms with Crippen molar-refractivity contribution in [1.82, 2.24) is 0 Å². The van der Waals surface area contributed by atoms with E-state index in [0.29, 0.717) is 11.3 Å². The molecule has 0 bridgehead atoms. The molecule has 0 aromatic heterocycles. The van der Waals surface area contributed by atoms with Gasteiger partial charge in [0.15, 0.2) is 0 Å². The van der Waals surface area contributed by atoms with Crippen LogP contribution in [0.1, 0.15) is 57.6 Å². The number of carbonyl (C=O) groups is 1. The third kappa shape index (κ3) is 3.30. The topological polar surface area (TPSA) is 72.2 Å². The highest BCUT2D eigenvalue weighted by molar-refractivity contribution is 5.91. The van der Waals surface area contributed by atoms with Crippen molar-refractivity contribution >= 4 is 17.3 Å². The lowest BCUT2D eigenvalue weighted by atomic mass is 9.91. The molecule has 0 radical (unpaired) electrons. The Morgan fingerprint density at radius 1 is 1.21 bits per heavy atom. The fourth-order valence-electron chi connectivity index (χ4n) is 2.17. The van der Waals surface area contributed by atoms with Crippen LogP contribution < -0.4 is 5.32 Å². The van der Waals surface area contributed by atoms with E-state index in [1.54, 1.807) is 6.07 Å². The number of nitrogens with zero attached hydrogens (tertiary/aromatic N) is 1. The van der Waals surface area contributed by atoms with E-state index in [-0.39, 0.29) is 23.4 Å². The van der Waals surface area contributed by atoms with Gasteiger partial charge >= 0.3 is 0 Å². The van der Waals surface area contributed by atoms with Crippen molar-refractivity contribution in [3.05, 3.63) is 33.4 Å². The second-order valence-electron chi connectivity index (χ2n) is 5.21. The highest BCUT2D eigenvalue weighted by Gasteiger charge is 2.24. The summed E-state index contributed by atoms with van der Waals surface area (Å²) in [5.74, 6) is -0.0783. The van der Waals surface area contributed by atoms with Crippen molar-refractivity contribution < 1.29 is 9.72 Å². The van der Waals surface area contributed by atoms with Crippen molar-refractivity contribution in [1.29, 1.82) is 0 Å². The SMILES string of the molecule is CC(=O)Nc1c(C(C)C)ccc([N+](=O)[O-])c1C(C)C. The maximum absolute atomic E-state index is 11.4. The largest absolute Gasteiger partial charge is 0.326 e. The van der Waals surface area contributed by atoms with Gasteiger partial charge in [-0.05, 0) is 23.5 Å². The summed E-state index contributed by atoms with van der Waals surface area (Å²) in [5, 5.41) is 13.9. The Labute approximate surface area is 113 Å². The summed E-state index contributed by atoms with van der Waals surface area (Å²) in [7, 11) is 0. The van der Waals surface area contributed by atoms with Gasteiger partial charge < -0.3 is 5.32 Å². The number of nitro benzene ring substituents is 1. The number of carbonyl (C=O) groups excluding carboxylic acids is 1. The first kappa shape index (κ1) is 15.1. The molecular formula is C14H20N2O3. The lowest BCUT2D eigenvalue weighted by Gasteiger charge is -2.19. The third-order valence-corrected chi connectivity index (χ3v) is 2.95. The molecule has 0 unspecified atom stereocenters. The van der Waals surface area contributed by atoms with Crippen LogP contribution in [0.4, 0.5) is 11.4 Å². The first-order valence-electron chi connectivity index (χ1n) is 6.34. The number of benzene rings is 1. The zero-order valence-corrected chi connectivity index (χ0v) is 12.0. The summed E-state index contributed by atoms with van der Waals surface area (Å²) in [6, 6.07) is 3.25. The molecule has 5 heteroatoms. The molecule has 1 aromatic rings. The Balaban J connectivity index is 3.60. The molecule has 1 N–H and O–H groups in total. The number of nitrogens with one attached hydrogen (secondary N) is 1. The Hall–Kier alpha value is -1.91. The predicted octanol–water partition coefficient (Wildman–Crippen LogP) is 3.80. The fraction of sp³-hybridized carbons (Fsp3) is 0.500. The molecule has 19 heavy (non-hydrogen) atoms. The van der Waals surface area contributed by atoms with Crippen LogP contribution in [0.3, 0.4) is 0 Å². The van der Waals surface area contributed by atoms with Crippen molar-refractivity contribution in [2.45, 2.75) is 46.5 Å². The van der Waals surface area contributed by atoms with Gasteiger partial charge in [-0.2, -0.15) is 0 Å². The molecule has 0 saturated heterocycles. The Morgan fingerprint density at radius 2 is 1.79 bits per heavy atom. The lowest BCUT2D eigenvalue weighted by Crippen LogP contribution is -2.13. The van der Waals surface area contributed by atoms with E-state index in [9.17, 15) is 14.9 Å². The van der Waals surface area contributed by atoms with E-state index in [4.69, 9.17) is 0 Å². The van der Waals surface area contributed by atoms with Crippen LogP contribution in [0.15, 0.2) is 12.1 Å². The lowest BCUT2D eigenvalue weighted by molar-refractivity contribution is -0.385. The highest BCUT2D eigenvalue weighted by atomic mass is 16.6. The van der Waals surface area contributed by atoms with E-state index in [2.05, 4.69) is 5.32 Å². The van der Waals surface area contributed by atoms with Crippen LogP contribution in [0, 0.1) is 10.1 Å². The quantitative estimate of drug-likeness (QED) is 0.664. The Morgan fingerprint density at radius 3 is 2.16 bits per heavy atom. The van der Waals surface area contributed by atoms with Crippen LogP contribution in [-0.2, 0) is 4.79 Å². The molecule has 0 aliphatic carbocycles. The van der Waals surface area contributed by atoms with E-state index in [0.717, 1.165) is 5.56 Å². The average Bonchev–Trinajstić information content (AvgIpc) is 2.26. The molecule has 1 amide bonds. The Bertz CT molecular complexity index is 508. The Kier molecular flexibility index (Phi) is 4.64. The normalized spacial score (nSPS) is 10.9. The number of hydrogen-bond acceptors (Lipinski definition) is 3. The maximum Gasteiger partial charge on any atom is 0.274 e. The molecule has 0 spiro atoms. The standard InChI is InChI=1S/C14H20N2O3/c1-8(2)11-6-7-12(16(18)19)13(9(3)4)14(11)15-10(5)17/h6-9H,1-5H3,(H,15,17). The first-order chi connectivity index (χ1) is 8.75. The minimum absolute atomic E-state index is 0.0408. The molecule has 104 valence electrons. The molecule has 0 aliphatic heterocycles. The van der Waals surface area contributed by atoms with Crippen LogP contribution in [-0.4, -0.2) is 10.8 Å². The number of hydrogen-bond donors (Lipinski definition) is 1. The van der Waals surface area contributed by atoms with Gasteiger partial charge in [0.05, 0.1) is 16.2 Å². The van der Waals surface area contributed by atoms with Crippen LogP contribution in [0.2, 0.25) is 0 Å². The highest BCUT2D eigenvalue weighted by Crippen LogP contribution is 2.38. The van der Waals surface area contributed by atoms with Crippen molar-refractivity contribution in [2.75, 3.05) is 5.32 Å². The van der Waals surface area contributed by atoms with E-state index in [1.807, 2.05) is 27.7 Å². The monoisotopic (exact) mass is 264 g/mol. The summed E-state index contributed by atoms with van der Waals surface area (Å²) < 4.78 is 0. The van der Waals surface area contributed by atoms with E-state index in [1.165, 1.54) is 13.0 Å². The van der Waals surface area contributed by atoms with Crippen molar-refractivity contribution in [3.8, 4) is 0 Å². The molecule has 5 nitrogen and oxygen atoms in total. The summed E-state index contributed by atoms with van der Waals surface area (Å²) in [6.45, 7) is 9.18. The van der Waals surface area contributed by atoms with Crippen molar-refractivity contribution in [2.24, 2.45) is 0 Å². The summed E-state index contributed by atoms with van der Waals surface area (Å²) >= 11 is 0. The smallest absolute Gasteiger partial charge is 0.274 e.